The van der Waals surface area contributed by atoms with Gasteiger partial charge >= 0.3 is 0 Å². The largest absolute Gasteiger partial charge is 0.345 e. The molecule has 0 fully saturated rings. The highest BCUT2D eigenvalue weighted by molar-refractivity contribution is 5.95. The Balaban J connectivity index is 1.81. The summed E-state index contributed by atoms with van der Waals surface area (Å²) >= 11 is 0. The van der Waals surface area contributed by atoms with E-state index in [4.69, 9.17) is 0 Å². The molecule has 2 heterocycles. The molecule has 0 spiro atoms. The minimum atomic E-state index is -0.391. The van der Waals surface area contributed by atoms with Crippen LogP contribution >= 0.6 is 0 Å². The van der Waals surface area contributed by atoms with Gasteiger partial charge in [-0.25, -0.2) is 0 Å². The summed E-state index contributed by atoms with van der Waals surface area (Å²) in [6.07, 6.45) is 1.15. The molecule has 1 aliphatic rings. The van der Waals surface area contributed by atoms with Crippen LogP contribution in [-0.2, 0) is 11.2 Å². The molecule has 0 aliphatic carbocycles. The summed E-state index contributed by atoms with van der Waals surface area (Å²) < 4.78 is 0. The Morgan fingerprint density at radius 2 is 1.92 bits per heavy atom. The number of nitrogens with one attached hydrogen (secondary N) is 3. The molecule has 3 rings (SSSR count). The van der Waals surface area contributed by atoms with Crippen molar-refractivity contribution in [1.82, 2.24) is 10.3 Å². The lowest BCUT2D eigenvalue weighted by Gasteiger charge is -2.20. The summed E-state index contributed by atoms with van der Waals surface area (Å²) in [6.45, 7) is 5.41. The van der Waals surface area contributed by atoms with Crippen LogP contribution < -0.4 is 16.2 Å². The molecule has 0 saturated carbocycles. The van der Waals surface area contributed by atoms with Crippen LogP contribution in [0.1, 0.15) is 52.1 Å². The molecular formula is C19H21N3O3. The van der Waals surface area contributed by atoms with Gasteiger partial charge in [-0.2, -0.15) is 0 Å². The van der Waals surface area contributed by atoms with Crippen LogP contribution in [0.3, 0.4) is 0 Å². The quantitative estimate of drug-likeness (QED) is 0.802. The number of H-pyrrole nitrogens is 1. The zero-order valence-electron chi connectivity index (χ0n) is 14.5. The van der Waals surface area contributed by atoms with E-state index in [1.807, 2.05) is 25.1 Å². The molecule has 0 radical (unpaired) electrons. The van der Waals surface area contributed by atoms with Crippen LogP contribution in [0.2, 0.25) is 0 Å². The van der Waals surface area contributed by atoms with E-state index in [2.05, 4.69) is 15.6 Å². The molecule has 130 valence electrons. The number of aryl methyl sites for hydroxylation is 3. The third-order valence-electron chi connectivity index (χ3n) is 4.46. The van der Waals surface area contributed by atoms with E-state index >= 15 is 0 Å². The van der Waals surface area contributed by atoms with Crippen molar-refractivity contribution in [2.24, 2.45) is 0 Å². The van der Waals surface area contributed by atoms with Gasteiger partial charge in [0.2, 0.25) is 5.91 Å². The van der Waals surface area contributed by atoms with Crippen molar-refractivity contribution >= 4 is 17.5 Å². The third kappa shape index (κ3) is 3.47. The first-order chi connectivity index (χ1) is 11.8. The smallest absolute Gasteiger partial charge is 0.261 e. The van der Waals surface area contributed by atoms with Crippen molar-refractivity contribution in [2.75, 3.05) is 5.32 Å². The molecule has 6 nitrogen and oxygen atoms in total. The van der Waals surface area contributed by atoms with Crippen molar-refractivity contribution in [3.05, 3.63) is 62.6 Å². The number of hydrogen-bond donors (Lipinski definition) is 3. The summed E-state index contributed by atoms with van der Waals surface area (Å²) in [5.74, 6) is -0.368. The fourth-order valence-corrected chi connectivity index (χ4v) is 3.16. The van der Waals surface area contributed by atoms with E-state index in [9.17, 15) is 14.4 Å². The van der Waals surface area contributed by atoms with Crippen LogP contribution in [0.5, 0.6) is 0 Å². The van der Waals surface area contributed by atoms with E-state index in [1.54, 1.807) is 19.9 Å². The predicted molar refractivity (Wildman–Crippen MR) is 95.8 cm³/mol. The molecule has 3 N–H and O–H groups in total. The summed E-state index contributed by atoms with van der Waals surface area (Å²) in [5.41, 5.74) is 3.96. The molecule has 1 aliphatic heterocycles. The second-order valence-corrected chi connectivity index (χ2v) is 6.50. The van der Waals surface area contributed by atoms with Gasteiger partial charge in [0.05, 0.1) is 6.04 Å². The number of aromatic amines is 1. The van der Waals surface area contributed by atoms with Crippen LogP contribution in [0, 0.1) is 13.8 Å². The van der Waals surface area contributed by atoms with Crippen molar-refractivity contribution in [2.45, 2.75) is 39.7 Å². The Hall–Kier alpha value is -2.89. The lowest BCUT2D eigenvalue weighted by molar-refractivity contribution is -0.116. The first-order valence-electron chi connectivity index (χ1n) is 8.29. The number of carbonyl (C=O) groups excluding carboxylic acids is 2. The summed E-state index contributed by atoms with van der Waals surface area (Å²) in [4.78, 5) is 38.7. The second kappa shape index (κ2) is 6.55. The minimum Gasteiger partial charge on any atom is -0.345 e. The number of benzene rings is 1. The molecule has 1 unspecified atom stereocenters. The third-order valence-corrected chi connectivity index (χ3v) is 4.46. The lowest BCUT2D eigenvalue weighted by atomic mass is 9.97. The van der Waals surface area contributed by atoms with Crippen molar-refractivity contribution in [3.63, 3.8) is 0 Å². The van der Waals surface area contributed by atoms with Gasteiger partial charge in [0.25, 0.3) is 11.5 Å². The molecule has 1 aromatic carbocycles. The maximum atomic E-state index is 12.5. The van der Waals surface area contributed by atoms with Gasteiger partial charge in [-0.1, -0.05) is 12.1 Å². The van der Waals surface area contributed by atoms with Gasteiger partial charge in [0.15, 0.2) is 0 Å². The molecule has 0 bridgehead atoms. The Morgan fingerprint density at radius 1 is 1.16 bits per heavy atom. The minimum absolute atomic E-state index is 0.0238. The number of carbonyl (C=O) groups is 2. The SMILES string of the molecule is Cc1cc(C)c(C(=O)NC(C)c2ccc3c(c2)CCC(=O)N3)c(=O)[nH]1. The van der Waals surface area contributed by atoms with Crippen LogP contribution in [0.4, 0.5) is 5.69 Å². The lowest BCUT2D eigenvalue weighted by Crippen LogP contribution is -2.33. The molecule has 6 heteroatoms. The molecule has 1 atom stereocenters. The Labute approximate surface area is 145 Å². The van der Waals surface area contributed by atoms with Gasteiger partial charge in [-0.15, -0.1) is 0 Å². The van der Waals surface area contributed by atoms with Crippen molar-refractivity contribution in [3.8, 4) is 0 Å². The molecule has 1 aromatic heterocycles. The van der Waals surface area contributed by atoms with Gasteiger partial charge in [-0.05, 0) is 56.0 Å². The monoisotopic (exact) mass is 339 g/mol. The number of hydrogen-bond acceptors (Lipinski definition) is 3. The summed E-state index contributed by atoms with van der Waals surface area (Å²) in [5, 5.41) is 5.72. The van der Waals surface area contributed by atoms with Crippen LogP contribution in [0.25, 0.3) is 0 Å². The van der Waals surface area contributed by atoms with Crippen LogP contribution in [0.15, 0.2) is 29.1 Å². The molecule has 0 saturated heterocycles. The van der Waals surface area contributed by atoms with Gasteiger partial charge in [0.1, 0.15) is 5.56 Å². The number of amides is 2. The average molecular weight is 339 g/mol. The summed E-state index contributed by atoms with van der Waals surface area (Å²) in [7, 11) is 0. The highest BCUT2D eigenvalue weighted by Crippen LogP contribution is 2.26. The second-order valence-electron chi connectivity index (χ2n) is 6.50. The van der Waals surface area contributed by atoms with Crippen molar-refractivity contribution in [1.29, 1.82) is 0 Å². The van der Waals surface area contributed by atoms with E-state index in [0.717, 1.165) is 22.5 Å². The Kier molecular flexibility index (Phi) is 4.44. The number of fused-ring (bicyclic) bond motifs is 1. The number of anilines is 1. The molecule has 2 aromatic rings. The fourth-order valence-electron chi connectivity index (χ4n) is 3.16. The zero-order valence-corrected chi connectivity index (χ0v) is 14.5. The molecule has 2 amide bonds. The maximum Gasteiger partial charge on any atom is 0.261 e. The number of pyridine rings is 1. The highest BCUT2D eigenvalue weighted by atomic mass is 16.2. The van der Waals surface area contributed by atoms with Crippen molar-refractivity contribution < 1.29 is 9.59 Å². The Bertz CT molecular complexity index is 915. The van der Waals surface area contributed by atoms with E-state index < -0.39 is 5.91 Å². The molecular weight excluding hydrogens is 318 g/mol. The normalized spacial score (nSPS) is 14.4. The molecule has 25 heavy (non-hydrogen) atoms. The number of aromatic nitrogens is 1. The van der Waals surface area contributed by atoms with E-state index in [-0.39, 0.29) is 23.1 Å². The highest BCUT2D eigenvalue weighted by Gasteiger charge is 2.19. The topological polar surface area (TPSA) is 91.1 Å². The maximum absolute atomic E-state index is 12.5. The number of rotatable bonds is 3. The first kappa shape index (κ1) is 17.0. The van der Waals surface area contributed by atoms with E-state index in [1.165, 1.54) is 0 Å². The predicted octanol–water partition coefficient (Wildman–Crippen LogP) is 2.37. The van der Waals surface area contributed by atoms with Crippen LogP contribution in [-0.4, -0.2) is 16.8 Å². The standard InChI is InChI=1S/C19H21N3O3/c1-10-8-11(2)20-18(24)17(10)19(25)21-12(3)13-4-6-15-14(9-13)5-7-16(23)22-15/h4,6,8-9,12H,5,7H2,1-3H3,(H,20,24)(H,21,25)(H,22,23). The van der Waals surface area contributed by atoms with Gasteiger partial charge in [-0.3, -0.25) is 14.4 Å². The Morgan fingerprint density at radius 3 is 2.64 bits per heavy atom. The fraction of sp³-hybridized carbons (Fsp3) is 0.316. The average Bonchev–Trinajstić information content (AvgIpc) is 2.53. The van der Waals surface area contributed by atoms with Gasteiger partial charge in [0, 0.05) is 17.8 Å². The zero-order chi connectivity index (χ0) is 18.1. The van der Waals surface area contributed by atoms with Gasteiger partial charge < -0.3 is 15.6 Å². The first-order valence-corrected chi connectivity index (χ1v) is 8.29. The van der Waals surface area contributed by atoms with E-state index in [0.29, 0.717) is 18.4 Å². The summed E-state index contributed by atoms with van der Waals surface area (Å²) in [6, 6.07) is 7.25.